The summed E-state index contributed by atoms with van der Waals surface area (Å²) < 4.78 is 27.4. The van der Waals surface area contributed by atoms with Crippen molar-refractivity contribution >= 4 is 38.6 Å². The Labute approximate surface area is 161 Å². The lowest BCUT2D eigenvalue weighted by Crippen LogP contribution is -2.25. The summed E-state index contributed by atoms with van der Waals surface area (Å²) in [5, 5.41) is 17.9. The maximum atomic E-state index is 12.5. The molecule has 0 aliphatic rings. The largest absolute Gasteiger partial charge is 0.857 e. The molecule has 0 bridgehead atoms. The first-order chi connectivity index (χ1) is 13.0. The molecule has 1 aromatic heterocycles. The van der Waals surface area contributed by atoms with Crippen molar-refractivity contribution < 1.29 is 13.5 Å². The lowest BCUT2D eigenvalue weighted by atomic mass is 10.2. The van der Waals surface area contributed by atoms with E-state index in [9.17, 15) is 13.5 Å². The summed E-state index contributed by atoms with van der Waals surface area (Å²) >= 11 is 1.09. The van der Waals surface area contributed by atoms with Crippen molar-refractivity contribution in [3.05, 3.63) is 89.8 Å². The molecule has 0 unspecified atom stereocenters. The Kier molecular flexibility index (Phi) is 5.58. The van der Waals surface area contributed by atoms with Crippen LogP contribution in [0.4, 0.5) is 5.69 Å². The maximum Gasteiger partial charge on any atom is 0.271 e. The van der Waals surface area contributed by atoms with Gasteiger partial charge in [-0.2, -0.15) is 5.10 Å². The van der Waals surface area contributed by atoms with Crippen molar-refractivity contribution in [3.63, 3.8) is 0 Å². The maximum absolute atomic E-state index is 12.5. The molecule has 0 fully saturated rings. The number of hydrazone groups is 1. The molecule has 2 N–H and O–H groups in total. The van der Waals surface area contributed by atoms with E-state index in [1.165, 1.54) is 18.2 Å². The van der Waals surface area contributed by atoms with Crippen molar-refractivity contribution in [1.82, 2.24) is 5.43 Å². The molecule has 0 aliphatic heterocycles. The van der Waals surface area contributed by atoms with Gasteiger partial charge < -0.3 is 5.11 Å². The van der Waals surface area contributed by atoms with Crippen LogP contribution in [0.1, 0.15) is 11.1 Å². The van der Waals surface area contributed by atoms with Gasteiger partial charge in [-0.1, -0.05) is 61.2 Å². The first-order valence-corrected chi connectivity index (χ1v) is 10.2. The number of thiophene rings is 1. The first-order valence-electron chi connectivity index (χ1n) is 7.88. The van der Waals surface area contributed by atoms with E-state index in [0.717, 1.165) is 16.9 Å². The van der Waals surface area contributed by atoms with Gasteiger partial charge in [0.25, 0.3) is 10.0 Å². The van der Waals surface area contributed by atoms with Crippen LogP contribution in [0.2, 0.25) is 0 Å². The van der Waals surface area contributed by atoms with Gasteiger partial charge in [0.15, 0.2) is 0 Å². The molecule has 6 nitrogen and oxygen atoms in total. The average Bonchev–Trinajstić information content (AvgIpc) is 3.22. The fourth-order valence-electron chi connectivity index (χ4n) is 2.25. The third-order valence-electron chi connectivity index (χ3n) is 3.58. The van der Waals surface area contributed by atoms with E-state index in [1.54, 1.807) is 23.6 Å². The Hall–Kier alpha value is -3.10. The predicted molar refractivity (Wildman–Crippen MR) is 107 cm³/mol. The lowest BCUT2D eigenvalue weighted by Gasteiger charge is -2.17. The van der Waals surface area contributed by atoms with Crippen LogP contribution in [0.25, 0.3) is 5.70 Å². The van der Waals surface area contributed by atoms with E-state index >= 15 is 0 Å². The number of hydrogen-bond donors (Lipinski definition) is 2. The van der Waals surface area contributed by atoms with Crippen molar-refractivity contribution in [2.45, 2.75) is 4.21 Å². The highest BCUT2D eigenvalue weighted by atomic mass is 32.2. The second kappa shape index (κ2) is 8.07. The van der Waals surface area contributed by atoms with Crippen LogP contribution in [0.15, 0.2) is 88.0 Å². The Morgan fingerprint density at radius 1 is 1.00 bits per heavy atom. The minimum Gasteiger partial charge on any atom is -0.857 e. The van der Waals surface area contributed by atoms with Crippen LogP contribution in [0.3, 0.4) is 0 Å². The summed E-state index contributed by atoms with van der Waals surface area (Å²) in [6, 6.07) is 18.7. The van der Waals surface area contributed by atoms with Gasteiger partial charge in [-0.05, 0) is 23.1 Å². The highest BCUT2D eigenvalue weighted by Gasteiger charge is 2.16. The molecule has 0 amide bonds. The van der Waals surface area contributed by atoms with Crippen molar-refractivity contribution in [2.24, 2.45) is 5.10 Å². The first kappa shape index (κ1) is 18.7. The third-order valence-corrected chi connectivity index (χ3v) is 6.34. The standard InChI is InChI=1S/C19H17N3O3S2/c1-14(15-8-3-2-4-9-15)20-21-19(23)16-10-5-6-11-17(16)22-27(24,25)18-12-7-13-26-18/h2-13,20,22H,1H2,(H,21,23)/p-1. The molecule has 0 spiro atoms. The molecule has 0 saturated carbocycles. The number of hydrogen-bond acceptors (Lipinski definition) is 6. The van der Waals surface area contributed by atoms with E-state index in [4.69, 9.17) is 0 Å². The SMILES string of the molecule is C=C(NN=C([O-])c1ccccc1NS(=O)(=O)c1cccs1)c1ccccc1. The van der Waals surface area contributed by atoms with Gasteiger partial charge in [-0.3, -0.25) is 10.1 Å². The molecule has 3 aromatic rings. The van der Waals surface area contributed by atoms with Gasteiger partial charge in [0.1, 0.15) is 4.21 Å². The molecule has 0 radical (unpaired) electrons. The van der Waals surface area contributed by atoms with Gasteiger partial charge in [-0.25, -0.2) is 8.42 Å². The number of sulfonamides is 1. The molecule has 0 saturated heterocycles. The molecule has 0 atom stereocenters. The number of para-hydroxylation sites is 1. The fourth-order valence-corrected chi connectivity index (χ4v) is 4.33. The Balaban J connectivity index is 1.82. The van der Waals surface area contributed by atoms with Gasteiger partial charge in [0.2, 0.25) is 0 Å². The fraction of sp³-hybridized carbons (Fsp3) is 0. The van der Waals surface area contributed by atoms with Crippen LogP contribution in [-0.2, 0) is 10.0 Å². The van der Waals surface area contributed by atoms with Crippen molar-refractivity contribution in [2.75, 3.05) is 4.72 Å². The molecule has 0 aliphatic carbocycles. The summed E-state index contributed by atoms with van der Waals surface area (Å²) in [7, 11) is -3.76. The molecular weight excluding hydrogens is 382 g/mol. The average molecular weight is 398 g/mol. The van der Waals surface area contributed by atoms with E-state index in [1.807, 2.05) is 30.3 Å². The molecule has 2 aromatic carbocycles. The Morgan fingerprint density at radius 2 is 1.70 bits per heavy atom. The van der Waals surface area contributed by atoms with Crippen molar-refractivity contribution in [1.29, 1.82) is 0 Å². The van der Waals surface area contributed by atoms with Crippen molar-refractivity contribution in [3.8, 4) is 0 Å². The number of nitrogens with one attached hydrogen (secondary N) is 2. The molecular formula is C19H16N3O3S2-. The Morgan fingerprint density at radius 3 is 2.41 bits per heavy atom. The van der Waals surface area contributed by atoms with Gasteiger partial charge in [-0.15, -0.1) is 11.3 Å². The van der Waals surface area contributed by atoms with Crippen LogP contribution < -0.4 is 15.3 Å². The van der Waals surface area contributed by atoms with Crippen LogP contribution >= 0.6 is 11.3 Å². The molecule has 138 valence electrons. The number of rotatable bonds is 7. The normalized spacial score (nSPS) is 11.8. The summed E-state index contributed by atoms with van der Waals surface area (Å²) in [6.45, 7) is 3.84. The van der Waals surface area contributed by atoms with E-state index < -0.39 is 15.9 Å². The summed E-state index contributed by atoms with van der Waals surface area (Å²) in [6.07, 6.45) is 0. The molecule has 8 heteroatoms. The quantitative estimate of drug-likeness (QED) is 0.364. The smallest absolute Gasteiger partial charge is 0.271 e. The highest BCUT2D eigenvalue weighted by Crippen LogP contribution is 2.22. The van der Waals surface area contributed by atoms with E-state index in [0.29, 0.717) is 5.70 Å². The topological polar surface area (TPSA) is 93.6 Å². The number of anilines is 1. The van der Waals surface area contributed by atoms with Crippen LogP contribution in [0, 0.1) is 0 Å². The molecule has 3 rings (SSSR count). The summed E-state index contributed by atoms with van der Waals surface area (Å²) in [5.74, 6) is -0.614. The van der Waals surface area contributed by atoms with Crippen LogP contribution in [0.5, 0.6) is 0 Å². The zero-order valence-corrected chi connectivity index (χ0v) is 15.8. The third kappa shape index (κ3) is 4.55. The van der Waals surface area contributed by atoms with E-state index in [-0.39, 0.29) is 15.5 Å². The van der Waals surface area contributed by atoms with Crippen LogP contribution in [-0.4, -0.2) is 14.3 Å². The van der Waals surface area contributed by atoms with Gasteiger partial charge in [0, 0.05) is 11.5 Å². The van der Waals surface area contributed by atoms with Gasteiger partial charge in [0.05, 0.1) is 11.4 Å². The monoisotopic (exact) mass is 398 g/mol. The van der Waals surface area contributed by atoms with Gasteiger partial charge >= 0.3 is 0 Å². The molecule has 1 heterocycles. The summed E-state index contributed by atoms with van der Waals surface area (Å²) in [5.41, 5.74) is 4.16. The minimum atomic E-state index is -3.76. The zero-order valence-electron chi connectivity index (χ0n) is 14.1. The number of nitrogens with zero attached hydrogens (tertiary/aromatic N) is 1. The molecule has 27 heavy (non-hydrogen) atoms. The summed E-state index contributed by atoms with van der Waals surface area (Å²) in [4.78, 5) is 0. The second-order valence-corrected chi connectivity index (χ2v) is 8.31. The Bertz CT molecular complexity index is 1060. The zero-order chi connectivity index (χ0) is 19.3. The lowest BCUT2D eigenvalue weighted by molar-refractivity contribution is -0.213. The second-order valence-electron chi connectivity index (χ2n) is 5.46. The number of benzene rings is 2. The predicted octanol–water partition coefficient (Wildman–Crippen LogP) is 2.83. The highest BCUT2D eigenvalue weighted by molar-refractivity contribution is 7.94. The minimum absolute atomic E-state index is 0.131. The van der Waals surface area contributed by atoms with E-state index in [2.05, 4.69) is 21.8 Å².